The maximum Gasteiger partial charge on any atom is 0.307 e. The van der Waals surface area contributed by atoms with E-state index in [1.807, 2.05) is 6.92 Å². The van der Waals surface area contributed by atoms with Crippen LogP contribution < -0.4 is 0 Å². The van der Waals surface area contributed by atoms with E-state index in [4.69, 9.17) is 16.3 Å². The summed E-state index contributed by atoms with van der Waals surface area (Å²) in [6, 6.07) is 8.80. The molecule has 0 fully saturated rings. The predicted octanol–water partition coefficient (Wildman–Crippen LogP) is 3.52. The monoisotopic (exact) mass is 375 g/mol. The molecule has 26 heavy (non-hydrogen) atoms. The first-order valence-corrected chi connectivity index (χ1v) is 8.31. The van der Waals surface area contributed by atoms with E-state index in [1.165, 1.54) is 12.1 Å². The maximum atomic E-state index is 13.0. The molecule has 0 unspecified atom stereocenters. The molecular formula is C19H15ClFNO4. The molecule has 0 N–H and O–H groups in total. The van der Waals surface area contributed by atoms with Crippen LogP contribution in [0.2, 0.25) is 5.02 Å². The third-order valence-electron chi connectivity index (χ3n) is 4.07. The molecule has 0 saturated carbocycles. The van der Waals surface area contributed by atoms with E-state index in [1.54, 1.807) is 18.2 Å². The largest absolute Gasteiger partial charge is 0.461 e. The summed E-state index contributed by atoms with van der Waals surface area (Å²) in [4.78, 5) is 37.6. The highest BCUT2D eigenvalue weighted by molar-refractivity contribution is 6.31. The standard InChI is InChI=1S/C19H15ClFNO4/c1-11-2-5-14-15(8-11)19(25)22(18(14)24)7-6-17(23)26-10-12-3-4-13(21)9-16(12)20/h2-5,8-9H,6-7,10H2,1H3. The normalized spacial score (nSPS) is 13.1. The number of hydrogen-bond donors (Lipinski definition) is 0. The Hall–Kier alpha value is -2.73. The van der Waals surface area contributed by atoms with Crippen molar-refractivity contribution in [1.82, 2.24) is 4.90 Å². The van der Waals surface area contributed by atoms with Crippen molar-refractivity contribution >= 4 is 29.4 Å². The highest BCUT2D eigenvalue weighted by atomic mass is 35.5. The molecular weight excluding hydrogens is 361 g/mol. The van der Waals surface area contributed by atoms with Crippen LogP contribution in [0.25, 0.3) is 0 Å². The van der Waals surface area contributed by atoms with Crippen molar-refractivity contribution in [1.29, 1.82) is 0 Å². The predicted molar refractivity (Wildman–Crippen MR) is 92.4 cm³/mol. The smallest absolute Gasteiger partial charge is 0.307 e. The van der Waals surface area contributed by atoms with Gasteiger partial charge in [0.25, 0.3) is 11.8 Å². The summed E-state index contributed by atoms with van der Waals surface area (Å²) in [6.45, 7) is 1.65. The summed E-state index contributed by atoms with van der Waals surface area (Å²) in [5.41, 5.74) is 2.04. The number of carbonyl (C=O) groups is 3. The molecule has 2 amide bonds. The van der Waals surface area contributed by atoms with Gasteiger partial charge in [0.05, 0.1) is 22.6 Å². The molecule has 2 aromatic carbocycles. The van der Waals surface area contributed by atoms with Crippen LogP contribution in [-0.2, 0) is 16.1 Å². The van der Waals surface area contributed by atoms with E-state index in [9.17, 15) is 18.8 Å². The molecule has 3 rings (SSSR count). The number of rotatable bonds is 5. The second kappa shape index (κ2) is 7.25. The molecule has 5 nitrogen and oxygen atoms in total. The fourth-order valence-electron chi connectivity index (χ4n) is 2.68. The minimum Gasteiger partial charge on any atom is -0.461 e. The van der Waals surface area contributed by atoms with Gasteiger partial charge in [0.15, 0.2) is 0 Å². The molecule has 0 saturated heterocycles. The molecule has 0 bridgehead atoms. The topological polar surface area (TPSA) is 63.7 Å². The lowest BCUT2D eigenvalue weighted by atomic mass is 10.1. The lowest BCUT2D eigenvalue weighted by Gasteiger charge is -2.13. The van der Waals surface area contributed by atoms with Gasteiger partial charge in [-0.05, 0) is 31.2 Å². The van der Waals surface area contributed by atoms with Gasteiger partial charge in [-0.2, -0.15) is 0 Å². The van der Waals surface area contributed by atoms with Gasteiger partial charge in [0, 0.05) is 12.1 Å². The first-order valence-electron chi connectivity index (χ1n) is 7.93. The van der Waals surface area contributed by atoms with Gasteiger partial charge in [-0.3, -0.25) is 19.3 Å². The van der Waals surface area contributed by atoms with Crippen molar-refractivity contribution < 1.29 is 23.5 Å². The zero-order valence-electron chi connectivity index (χ0n) is 13.9. The van der Waals surface area contributed by atoms with Crippen molar-refractivity contribution in [2.24, 2.45) is 0 Å². The van der Waals surface area contributed by atoms with Crippen LogP contribution in [0.1, 0.15) is 38.3 Å². The van der Waals surface area contributed by atoms with Gasteiger partial charge in [-0.25, -0.2) is 4.39 Å². The number of ether oxygens (including phenoxy) is 1. The molecule has 0 radical (unpaired) electrons. The van der Waals surface area contributed by atoms with Gasteiger partial charge in [0.1, 0.15) is 12.4 Å². The fourth-order valence-corrected chi connectivity index (χ4v) is 2.90. The number of carbonyl (C=O) groups excluding carboxylic acids is 3. The van der Waals surface area contributed by atoms with E-state index in [-0.39, 0.29) is 24.6 Å². The summed E-state index contributed by atoms with van der Waals surface area (Å²) < 4.78 is 18.1. The number of nitrogens with zero attached hydrogens (tertiary/aromatic N) is 1. The highest BCUT2D eigenvalue weighted by Crippen LogP contribution is 2.24. The molecule has 7 heteroatoms. The number of benzene rings is 2. The Labute approximate surface area is 154 Å². The second-order valence-corrected chi connectivity index (χ2v) is 6.36. The quantitative estimate of drug-likeness (QED) is 0.592. The number of aryl methyl sites for hydroxylation is 1. The van der Waals surface area contributed by atoms with E-state index >= 15 is 0 Å². The average Bonchev–Trinajstić information content (AvgIpc) is 2.82. The summed E-state index contributed by atoms with van der Waals surface area (Å²) in [6.07, 6.45) is -0.136. The zero-order valence-corrected chi connectivity index (χ0v) is 14.7. The first-order chi connectivity index (χ1) is 12.4. The third-order valence-corrected chi connectivity index (χ3v) is 4.42. The van der Waals surface area contributed by atoms with E-state index < -0.39 is 23.6 Å². The van der Waals surface area contributed by atoms with Crippen LogP contribution in [0.3, 0.4) is 0 Å². The molecule has 2 aromatic rings. The SMILES string of the molecule is Cc1ccc2c(c1)C(=O)N(CCC(=O)OCc1ccc(F)cc1Cl)C2=O. The number of fused-ring (bicyclic) bond motifs is 1. The van der Waals surface area contributed by atoms with Gasteiger partial charge in [-0.1, -0.05) is 29.3 Å². The second-order valence-electron chi connectivity index (χ2n) is 5.96. The van der Waals surface area contributed by atoms with Crippen molar-refractivity contribution in [3.8, 4) is 0 Å². The molecule has 134 valence electrons. The van der Waals surface area contributed by atoms with Crippen molar-refractivity contribution in [2.45, 2.75) is 20.0 Å². The molecule has 0 spiro atoms. The molecule has 1 heterocycles. The van der Waals surface area contributed by atoms with Crippen LogP contribution in [0.15, 0.2) is 36.4 Å². The van der Waals surface area contributed by atoms with Gasteiger partial charge in [0.2, 0.25) is 0 Å². The number of halogens is 2. The summed E-state index contributed by atoms with van der Waals surface area (Å²) in [7, 11) is 0. The first kappa shape index (κ1) is 18.1. The minimum absolute atomic E-state index is 0.0681. The molecule has 1 aliphatic rings. The average molecular weight is 376 g/mol. The summed E-state index contributed by atoms with van der Waals surface area (Å²) in [5, 5.41) is 0.161. The van der Waals surface area contributed by atoms with E-state index in [0.29, 0.717) is 16.7 Å². The van der Waals surface area contributed by atoms with Crippen LogP contribution in [0, 0.1) is 12.7 Å². The van der Waals surface area contributed by atoms with Crippen molar-refractivity contribution in [3.05, 3.63) is 69.5 Å². The molecule has 0 aliphatic carbocycles. The van der Waals surface area contributed by atoms with Crippen LogP contribution >= 0.6 is 11.6 Å². The van der Waals surface area contributed by atoms with Crippen LogP contribution in [-0.4, -0.2) is 29.2 Å². The van der Waals surface area contributed by atoms with Crippen molar-refractivity contribution in [2.75, 3.05) is 6.54 Å². The molecule has 0 atom stereocenters. The number of imide groups is 1. The Bertz CT molecular complexity index is 912. The lowest BCUT2D eigenvalue weighted by molar-refractivity contribution is -0.145. The molecule has 0 aromatic heterocycles. The fraction of sp³-hybridized carbons (Fsp3) is 0.211. The Kier molecular flexibility index (Phi) is 5.04. The summed E-state index contributed by atoms with van der Waals surface area (Å²) >= 11 is 5.87. The maximum absolute atomic E-state index is 13.0. The molecule has 1 aliphatic heterocycles. The summed E-state index contributed by atoms with van der Waals surface area (Å²) in [5.74, 6) is -1.90. The van der Waals surface area contributed by atoms with E-state index in [0.717, 1.165) is 16.5 Å². The zero-order chi connectivity index (χ0) is 18.8. The lowest BCUT2D eigenvalue weighted by Crippen LogP contribution is -2.32. The van der Waals surface area contributed by atoms with Crippen molar-refractivity contribution in [3.63, 3.8) is 0 Å². The Morgan fingerprint density at radius 3 is 2.58 bits per heavy atom. The Morgan fingerprint density at radius 1 is 1.12 bits per heavy atom. The number of hydrogen-bond acceptors (Lipinski definition) is 4. The number of amides is 2. The highest BCUT2D eigenvalue weighted by Gasteiger charge is 2.35. The van der Waals surface area contributed by atoms with Gasteiger partial charge in [-0.15, -0.1) is 0 Å². The Balaban J connectivity index is 1.57. The Morgan fingerprint density at radius 2 is 1.85 bits per heavy atom. The number of esters is 1. The van der Waals surface area contributed by atoms with E-state index in [2.05, 4.69) is 0 Å². The van der Waals surface area contributed by atoms with Gasteiger partial charge < -0.3 is 4.74 Å². The van der Waals surface area contributed by atoms with Gasteiger partial charge >= 0.3 is 5.97 Å². The van der Waals surface area contributed by atoms with Crippen LogP contribution in [0.5, 0.6) is 0 Å². The van der Waals surface area contributed by atoms with Crippen LogP contribution in [0.4, 0.5) is 4.39 Å². The minimum atomic E-state index is -0.585. The third kappa shape index (κ3) is 3.60.